The van der Waals surface area contributed by atoms with E-state index in [4.69, 9.17) is 37.3 Å². The second kappa shape index (κ2) is 18.1. The largest absolute Gasteiger partial charge is 0.475 e. The Bertz CT molecular complexity index is 2670. The van der Waals surface area contributed by atoms with E-state index in [0.29, 0.717) is 5.56 Å². The first-order valence-corrected chi connectivity index (χ1v) is 21.7. The average Bonchev–Trinajstić information content (AvgIpc) is 4.08. The summed E-state index contributed by atoms with van der Waals surface area (Å²) in [5.41, 5.74) is 0.276. The van der Waals surface area contributed by atoms with E-state index in [9.17, 15) is 29.3 Å². The van der Waals surface area contributed by atoms with Gasteiger partial charge in [0.25, 0.3) is 11.5 Å². The minimum absolute atomic E-state index is 0.0341. The molecule has 2 unspecified atom stereocenters. The van der Waals surface area contributed by atoms with Crippen LogP contribution in [0.25, 0.3) is 22.3 Å². The third kappa shape index (κ3) is 8.91. The van der Waals surface area contributed by atoms with Crippen LogP contribution >= 0.6 is 7.82 Å². The Morgan fingerprint density at radius 3 is 2.39 bits per heavy atom. The number of nitrogens with one attached hydrogen (secondary N) is 3. The van der Waals surface area contributed by atoms with Crippen LogP contribution < -0.4 is 16.2 Å². The van der Waals surface area contributed by atoms with Gasteiger partial charge in [-0.25, -0.2) is 24.5 Å². The van der Waals surface area contributed by atoms with Crippen LogP contribution in [0.4, 0.5) is 11.8 Å². The third-order valence-corrected chi connectivity index (χ3v) is 12.0. The van der Waals surface area contributed by atoms with Gasteiger partial charge in [0, 0.05) is 18.6 Å². The molecule has 25 heteroatoms. The second-order valence-electron chi connectivity index (χ2n) is 15.9. The number of phosphoric acid groups is 1. The summed E-state index contributed by atoms with van der Waals surface area (Å²) < 4.78 is 66.7. The molecule has 64 heavy (non-hydrogen) atoms. The zero-order chi connectivity index (χ0) is 45.5. The van der Waals surface area contributed by atoms with E-state index >= 15 is 0 Å². The van der Waals surface area contributed by atoms with E-state index in [1.165, 1.54) is 42.1 Å². The number of aromatic nitrogens is 8. The smallest absolute Gasteiger partial charge is 0.391 e. The molecule has 0 saturated carbocycles. The molecule has 24 nitrogen and oxygen atoms in total. The Balaban J connectivity index is 1.05. The predicted octanol–water partition coefficient (Wildman–Crippen LogP) is 2.96. The lowest BCUT2D eigenvalue weighted by Crippen LogP contribution is -2.40. The van der Waals surface area contributed by atoms with Gasteiger partial charge in [0.1, 0.15) is 43.0 Å². The van der Waals surface area contributed by atoms with Crippen molar-refractivity contribution < 1.29 is 56.5 Å². The van der Waals surface area contributed by atoms with Crippen molar-refractivity contribution in [2.75, 3.05) is 31.0 Å². The molecule has 1 aromatic carbocycles. The van der Waals surface area contributed by atoms with Crippen molar-refractivity contribution in [3.63, 3.8) is 0 Å². The number of ether oxygens (including phenoxy) is 5. The monoisotopic (exact) mass is 907 g/mol. The number of benzene rings is 1. The Morgan fingerprint density at radius 2 is 1.69 bits per heavy atom. The molecule has 0 bridgehead atoms. The number of H-pyrrole nitrogens is 1. The molecule has 7 heterocycles. The number of hydrogen-bond donors (Lipinski definition) is 4. The molecular weight excluding hydrogens is 861 g/mol. The molecule has 10 atom stereocenters. The average molecular weight is 908 g/mol. The first-order valence-electron chi connectivity index (χ1n) is 20.2. The quantitative estimate of drug-likeness (QED) is 0.0817. The van der Waals surface area contributed by atoms with Crippen LogP contribution in [0.5, 0.6) is 0 Å². The van der Waals surface area contributed by atoms with Crippen LogP contribution in [0.15, 0.2) is 54.1 Å². The van der Waals surface area contributed by atoms with Crippen molar-refractivity contribution in [3.8, 4) is 6.07 Å². The van der Waals surface area contributed by atoms with E-state index < -0.39 is 92.8 Å². The summed E-state index contributed by atoms with van der Waals surface area (Å²) >= 11 is 0. The number of nitriles is 1. The Labute approximate surface area is 364 Å². The first-order chi connectivity index (χ1) is 30.6. The van der Waals surface area contributed by atoms with Crippen LogP contribution in [0.1, 0.15) is 63.9 Å². The highest BCUT2D eigenvalue weighted by Gasteiger charge is 2.58. The van der Waals surface area contributed by atoms with Crippen LogP contribution in [-0.4, -0.2) is 125 Å². The lowest BCUT2D eigenvalue weighted by atomic mass is 10.1. The number of rotatable bonds is 16. The van der Waals surface area contributed by atoms with Gasteiger partial charge in [0.05, 0.1) is 44.5 Å². The minimum Gasteiger partial charge on any atom is -0.391 e. The third-order valence-electron chi connectivity index (χ3n) is 10.6. The van der Waals surface area contributed by atoms with Crippen molar-refractivity contribution in [2.45, 2.75) is 102 Å². The molecule has 8 rings (SSSR count). The van der Waals surface area contributed by atoms with Crippen LogP contribution in [0.2, 0.25) is 0 Å². The normalized spacial score (nSPS) is 26.5. The molecule has 0 aliphatic carbocycles. The summed E-state index contributed by atoms with van der Waals surface area (Å²) in [4.78, 5) is 62.7. The first kappa shape index (κ1) is 45.0. The van der Waals surface area contributed by atoms with Gasteiger partial charge in [0.15, 0.2) is 46.4 Å². The molecule has 3 aliphatic heterocycles. The molecule has 0 radical (unpaired) electrons. The molecule has 3 saturated heterocycles. The fourth-order valence-electron chi connectivity index (χ4n) is 7.61. The highest BCUT2D eigenvalue weighted by molar-refractivity contribution is 7.48. The fraction of sp³-hybridized carbons (Fsp3) is 0.513. The molecule has 3 fully saturated rings. The van der Waals surface area contributed by atoms with Gasteiger partial charge in [-0.2, -0.15) is 10.2 Å². The number of aromatic amines is 1. The Kier molecular flexibility index (Phi) is 12.7. The summed E-state index contributed by atoms with van der Waals surface area (Å²) in [7, 11) is -3.36. The fourth-order valence-corrected chi connectivity index (χ4v) is 8.99. The van der Waals surface area contributed by atoms with Crippen molar-refractivity contribution in [1.82, 2.24) is 39.0 Å². The molecule has 5 aromatic rings. The number of fused-ring (bicyclic) bond motifs is 3. The van der Waals surface area contributed by atoms with E-state index in [1.807, 2.05) is 6.07 Å². The van der Waals surface area contributed by atoms with E-state index in [2.05, 4.69) is 40.5 Å². The number of aliphatic hydroxyl groups is 1. The van der Waals surface area contributed by atoms with E-state index in [-0.39, 0.29) is 53.0 Å². The summed E-state index contributed by atoms with van der Waals surface area (Å²) in [6, 6.07) is 10.5. The van der Waals surface area contributed by atoms with Crippen LogP contribution in [0.3, 0.4) is 0 Å². The maximum absolute atomic E-state index is 14.7. The zero-order valence-electron chi connectivity index (χ0n) is 35.4. The van der Waals surface area contributed by atoms with Gasteiger partial charge in [-0.05, 0) is 32.9 Å². The number of hydrogen-bond acceptors (Lipinski definition) is 19. The summed E-state index contributed by atoms with van der Waals surface area (Å²) in [5.74, 6) is -2.30. The molecule has 3 aliphatic rings. The molecule has 4 N–H and O–H groups in total. The van der Waals surface area contributed by atoms with Gasteiger partial charge < -0.3 is 34.1 Å². The van der Waals surface area contributed by atoms with Crippen molar-refractivity contribution in [2.24, 2.45) is 5.92 Å². The number of amides is 2. The number of carbonyl (C=O) groups is 2. The molecule has 4 aromatic heterocycles. The number of nitrogens with zero attached hydrogens (tertiary/aromatic N) is 8. The standard InChI is InChI=1S/C39H46N11O13P/c1-19(2)33(52)47-38-46-32-24(35(54)48-38)44-18-50(32)37-29-26(61-39(4,5)62-29)22(59-37)15-58-64(55,57-14-10-13-40)63-27-25(20(3)51)60-36(28(27)56-6)49-17-43-23-30(41-16-42-31(23)49)45-34(53)21-11-8-7-9-12-21/h7-9,11-12,16-20,22,25-29,36-37,51H,10,14-15H2,1-6H3,(H,41,42,45,53)(H2,46,47,48,52,54)/t20-,22+,25?,26+,27+,28+,29+,36+,37+,64?/m0/s1. The highest BCUT2D eigenvalue weighted by atomic mass is 31.2. The second-order valence-corrected chi connectivity index (χ2v) is 17.5. The Morgan fingerprint density at radius 1 is 0.969 bits per heavy atom. The van der Waals surface area contributed by atoms with Crippen LogP contribution in [-0.2, 0) is 46.6 Å². The maximum Gasteiger partial charge on any atom is 0.475 e. The van der Waals surface area contributed by atoms with Gasteiger partial charge in [0.2, 0.25) is 11.9 Å². The van der Waals surface area contributed by atoms with Gasteiger partial charge in [-0.3, -0.25) is 47.4 Å². The summed E-state index contributed by atoms with van der Waals surface area (Å²) in [6.07, 6.45) is -5.91. The molecule has 340 valence electrons. The number of imidazole rings is 2. The van der Waals surface area contributed by atoms with Crippen molar-refractivity contribution >= 4 is 53.7 Å². The number of carbonyl (C=O) groups excluding carboxylic acids is 2. The SMILES string of the molecule is CO[C@@H]1[C@H](OP(=O)(OCCC#N)OC[C@H]2O[C@@H](n3cnc4c(=O)[nH]c(NC(=O)C(C)C)nc43)[C@@H]3OC(C)(C)O[C@@H]32)C([C@H](C)O)O[C@H]1n1cnc2c(NC(=O)c3ccccc3)ncnc21. The van der Waals surface area contributed by atoms with Gasteiger partial charge in [-0.1, -0.05) is 32.0 Å². The Hall–Kier alpha value is -5.58. The number of anilines is 2. The van der Waals surface area contributed by atoms with E-state index in [0.717, 1.165) is 0 Å². The zero-order valence-corrected chi connectivity index (χ0v) is 36.3. The number of aliphatic hydroxyl groups excluding tert-OH is 1. The van der Waals surface area contributed by atoms with Crippen molar-refractivity contribution in [3.05, 3.63) is 65.2 Å². The number of methoxy groups -OCH3 is 1. The predicted molar refractivity (Wildman–Crippen MR) is 220 cm³/mol. The molecular formula is C39H46N11O13P. The van der Waals surface area contributed by atoms with Crippen molar-refractivity contribution in [1.29, 1.82) is 5.26 Å². The maximum atomic E-state index is 14.7. The van der Waals surface area contributed by atoms with E-state index in [1.54, 1.807) is 58.0 Å². The number of phosphoric ester groups is 1. The molecule has 0 spiro atoms. The summed E-state index contributed by atoms with van der Waals surface area (Å²) in [6.45, 7) is 7.37. The lowest BCUT2D eigenvalue weighted by molar-refractivity contribution is -0.199. The highest BCUT2D eigenvalue weighted by Crippen LogP contribution is 2.55. The summed E-state index contributed by atoms with van der Waals surface area (Å²) in [5, 5.41) is 25.7. The lowest BCUT2D eigenvalue weighted by Gasteiger charge is -2.29. The topological polar surface area (TPSA) is 300 Å². The van der Waals surface area contributed by atoms with Crippen LogP contribution in [0, 0.1) is 17.2 Å². The van der Waals surface area contributed by atoms with Gasteiger partial charge >= 0.3 is 7.82 Å². The minimum atomic E-state index is -4.72. The van der Waals surface area contributed by atoms with Gasteiger partial charge in [-0.15, -0.1) is 0 Å². The molecule has 2 amide bonds.